The summed E-state index contributed by atoms with van der Waals surface area (Å²) in [6.45, 7) is 3.55. The van der Waals surface area contributed by atoms with E-state index in [0.717, 1.165) is 23.4 Å². The van der Waals surface area contributed by atoms with Gasteiger partial charge in [-0.15, -0.1) is 11.3 Å². The quantitative estimate of drug-likeness (QED) is 0.774. The van der Waals surface area contributed by atoms with Gasteiger partial charge in [-0.2, -0.15) is 0 Å². The van der Waals surface area contributed by atoms with Gasteiger partial charge in [-0.1, -0.05) is 29.8 Å². The van der Waals surface area contributed by atoms with E-state index in [4.69, 9.17) is 5.73 Å². The molecule has 3 aromatic rings. The second-order valence-corrected chi connectivity index (χ2v) is 7.33. The van der Waals surface area contributed by atoms with Gasteiger partial charge in [0.25, 0.3) is 5.56 Å². The molecule has 0 atom stereocenters. The highest BCUT2D eigenvalue weighted by molar-refractivity contribution is 7.22. The Kier molecular flexibility index (Phi) is 4.69. The molecule has 2 heterocycles. The van der Waals surface area contributed by atoms with Gasteiger partial charge >= 0.3 is 0 Å². The molecule has 0 unspecified atom stereocenters. The van der Waals surface area contributed by atoms with E-state index in [-0.39, 0.29) is 5.56 Å². The van der Waals surface area contributed by atoms with Crippen molar-refractivity contribution in [2.45, 2.75) is 19.9 Å². The highest BCUT2D eigenvalue weighted by Gasteiger charge is 2.13. The third-order valence-corrected chi connectivity index (χ3v) is 5.15. The second-order valence-electron chi connectivity index (χ2n) is 6.27. The van der Waals surface area contributed by atoms with E-state index in [2.05, 4.69) is 41.1 Å². The van der Waals surface area contributed by atoms with Gasteiger partial charge in [-0.05, 0) is 45.6 Å². The van der Waals surface area contributed by atoms with E-state index >= 15 is 0 Å². The van der Waals surface area contributed by atoms with Crippen LogP contribution in [-0.2, 0) is 6.54 Å². The first-order valence-corrected chi connectivity index (χ1v) is 8.79. The molecular weight excluding hydrogens is 320 g/mol. The molecule has 0 radical (unpaired) electrons. The number of nitrogen functional groups attached to an aromatic ring is 1. The first kappa shape index (κ1) is 16.7. The molecule has 0 bridgehead atoms. The van der Waals surface area contributed by atoms with E-state index in [1.165, 1.54) is 16.9 Å². The lowest BCUT2D eigenvalue weighted by Gasteiger charge is -2.11. The Labute approximate surface area is 145 Å². The van der Waals surface area contributed by atoms with E-state index < -0.39 is 0 Å². The maximum Gasteiger partial charge on any atom is 0.272 e. The Morgan fingerprint density at radius 3 is 2.62 bits per heavy atom. The summed E-state index contributed by atoms with van der Waals surface area (Å²) in [6, 6.07) is 10.2. The van der Waals surface area contributed by atoms with Crippen molar-refractivity contribution in [1.82, 2.24) is 14.5 Å². The number of aromatic nitrogens is 2. The minimum absolute atomic E-state index is 0.0420. The summed E-state index contributed by atoms with van der Waals surface area (Å²) in [6.07, 6.45) is 0.862. The zero-order valence-corrected chi connectivity index (χ0v) is 15.1. The number of fused-ring (bicyclic) bond motifs is 1. The van der Waals surface area contributed by atoms with Gasteiger partial charge in [0, 0.05) is 11.4 Å². The van der Waals surface area contributed by atoms with Crippen LogP contribution in [0.2, 0.25) is 0 Å². The molecule has 3 rings (SSSR count). The molecule has 2 N–H and O–H groups in total. The molecule has 0 spiro atoms. The van der Waals surface area contributed by atoms with Crippen molar-refractivity contribution in [2.24, 2.45) is 0 Å². The van der Waals surface area contributed by atoms with Crippen molar-refractivity contribution < 1.29 is 0 Å². The molecule has 0 saturated carbocycles. The number of rotatable bonds is 5. The number of benzene rings is 1. The lowest BCUT2D eigenvalue weighted by atomic mass is 10.1. The zero-order chi connectivity index (χ0) is 17.3. The molecule has 6 heteroatoms. The summed E-state index contributed by atoms with van der Waals surface area (Å²) in [5.41, 5.74) is 8.97. The minimum atomic E-state index is -0.0420. The van der Waals surface area contributed by atoms with Crippen LogP contribution in [0.1, 0.15) is 12.0 Å². The van der Waals surface area contributed by atoms with Gasteiger partial charge in [0.2, 0.25) is 5.95 Å². The Balaban J connectivity index is 1.99. The van der Waals surface area contributed by atoms with E-state index in [1.54, 1.807) is 4.57 Å². The van der Waals surface area contributed by atoms with Crippen molar-refractivity contribution in [1.29, 1.82) is 0 Å². The van der Waals surface area contributed by atoms with Crippen molar-refractivity contribution in [2.75, 3.05) is 26.4 Å². The standard InChI is InChI=1S/C18H22N4OS/c1-12-5-7-13(8-6-12)15-11-14-16(24-15)17(23)22(18(19)20-14)10-4-9-21(2)3/h5-8,11H,4,9-10H2,1-3H3,(H2,19,20). The molecule has 126 valence electrons. The molecule has 0 aliphatic carbocycles. The largest absolute Gasteiger partial charge is 0.369 e. The number of thiophene rings is 1. The van der Waals surface area contributed by atoms with Crippen LogP contribution in [0.3, 0.4) is 0 Å². The fourth-order valence-corrected chi connectivity index (χ4v) is 3.70. The molecule has 1 aromatic carbocycles. The maximum absolute atomic E-state index is 12.8. The third-order valence-electron chi connectivity index (χ3n) is 3.99. The summed E-state index contributed by atoms with van der Waals surface area (Å²) in [5.74, 6) is 0.291. The molecule has 0 amide bonds. The zero-order valence-electron chi connectivity index (χ0n) is 14.2. The smallest absolute Gasteiger partial charge is 0.272 e. The molecular formula is C18H22N4OS. The van der Waals surface area contributed by atoms with Crippen molar-refractivity contribution >= 4 is 27.5 Å². The average molecular weight is 342 g/mol. The van der Waals surface area contributed by atoms with Crippen LogP contribution in [-0.4, -0.2) is 35.1 Å². The molecule has 0 fully saturated rings. The van der Waals surface area contributed by atoms with E-state index in [9.17, 15) is 4.79 Å². The van der Waals surface area contributed by atoms with Gasteiger partial charge in [0.05, 0.1) is 5.52 Å². The molecule has 2 aromatic heterocycles. The van der Waals surface area contributed by atoms with Crippen LogP contribution in [0.25, 0.3) is 20.7 Å². The maximum atomic E-state index is 12.8. The molecule has 5 nitrogen and oxygen atoms in total. The van der Waals surface area contributed by atoms with Gasteiger partial charge in [-0.3, -0.25) is 9.36 Å². The first-order chi connectivity index (χ1) is 11.5. The van der Waals surface area contributed by atoms with Gasteiger partial charge in [-0.25, -0.2) is 4.98 Å². The minimum Gasteiger partial charge on any atom is -0.369 e. The van der Waals surface area contributed by atoms with E-state index in [0.29, 0.717) is 22.7 Å². The number of aryl methyl sites for hydroxylation is 1. The van der Waals surface area contributed by atoms with Crippen molar-refractivity contribution in [3.05, 3.63) is 46.2 Å². The molecule has 24 heavy (non-hydrogen) atoms. The predicted octanol–water partition coefficient (Wildman–Crippen LogP) is 2.97. The highest BCUT2D eigenvalue weighted by atomic mass is 32.1. The van der Waals surface area contributed by atoms with Gasteiger partial charge in [0.15, 0.2) is 0 Å². The lowest BCUT2D eigenvalue weighted by molar-refractivity contribution is 0.385. The van der Waals surface area contributed by atoms with Crippen LogP contribution in [0, 0.1) is 6.92 Å². The Hall–Kier alpha value is -2.18. The molecule has 0 aliphatic heterocycles. The first-order valence-electron chi connectivity index (χ1n) is 7.97. The van der Waals surface area contributed by atoms with Crippen molar-refractivity contribution in [3.8, 4) is 10.4 Å². The normalized spacial score (nSPS) is 11.5. The van der Waals surface area contributed by atoms with Gasteiger partial charge in [0.1, 0.15) is 4.70 Å². The van der Waals surface area contributed by atoms with Gasteiger partial charge < -0.3 is 10.6 Å². The summed E-state index contributed by atoms with van der Waals surface area (Å²) in [5, 5.41) is 0. The monoisotopic (exact) mass is 342 g/mol. The number of nitrogens with zero attached hydrogens (tertiary/aromatic N) is 3. The summed E-state index contributed by atoms with van der Waals surface area (Å²) in [7, 11) is 4.03. The van der Waals surface area contributed by atoms with Crippen molar-refractivity contribution in [3.63, 3.8) is 0 Å². The number of hydrogen-bond donors (Lipinski definition) is 1. The highest BCUT2D eigenvalue weighted by Crippen LogP contribution is 2.31. The number of nitrogens with two attached hydrogens (primary N) is 1. The van der Waals surface area contributed by atoms with Crippen LogP contribution in [0.5, 0.6) is 0 Å². The Bertz CT molecular complexity index is 909. The Morgan fingerprint density at radius 2 is 1.96 bits per heavy atom. The number of anilines is 1. The summed E-state index contributed by atoms with van der Waals surface area (Å²) < 4.78 is 2.26. The predicted molar refractivity (Wildman–Crippen MR) is 102 cm³/mol. The average Bonchev–Trinajstić information content (AvgIpc) is 2.95. The van der Waals surface area contributed by atoms with Crippen LogP contribution in [0.15, 0.2) is 35.1 Å². The topological polar surface area (TPSA) is 64.2 Å². The summed E-state index contributed by atoms with van der Waals surface area (Å²) in [4.78, 5) is 20.3. The molecule has 0 aliphatic rings. The molecule has 0 saturated heterocycles. The van der Waals surface area contributed by atoms with Crippen LogP contribution >= 0.6 is 11.3 Å². The fourth-order valence-electron chi connectivity index (χ4n) is 2.65. The fraction of sp³-hybridized carbons (Fsp3) is 0.333. The SMILES string of the molecule is Cc1ccc(-c2cc3nc(N)n(CCCN(C)C)c(=O)c3s2)cc1. The second kappa shape index (κ2) is 6.75. The lowest BCUT2D eigenvalue weighted by Crippen LogP contribution is -2.25. The number of hydrogen-bond acceptors (Lipinski definition) is 5. The Morgan fingerprint density at radius 1 is 1.25 bits per heavy atom. The van der Waals surface area contributed by atoms with Crippen LogP contribution < -0.4 is 11.3 Å². The summed E-state index contributed by atoms with van der Waals surface area (Å²) >= 11 is 1.48. The van der Waals surface area contributed by atoms with E-state index in [1.807, 2.05) is 20.2 Å². The third kappa shape index (κ3) is 3.34. The van der Waals surface area contributed by atoms with Crippen LogP contribution in [0.4, 0.5) is 5.95 Å².